The van der Waals surface area contributed by atoms with Gasteiger partial charge in [-0.2, -0.15) is 9.97 Å². The van der Waals surface area contributed by atoms with Gasteiger partial charge in [0.05, 0.1) is 17.1 Å². The third-order valence-electron chi connectivity index (χ3n) is 3.77. The molecule has 3 aromatic rings. The van der Waals surface area contributed by atoms with Gasteiger partial charge in [-0.25, -0.2) is 4.79 Å². The Balaban J connectivity index is 1.71. The fraction of sp³-hybridized carbons (Fsp3) is 0.150. The molecule has 0 unspecified atom stereocenters. The fourth-order valence-electron chi connectivity index (χ4n) is 2.48. The zero-order valence-corrected chi connectivity index (χ0v) is 16.1. The molecule has 0 aliphatic rings. The SMILES string of the molecule is CSc1cccc(NC(=O)Nc2c(C)nc(Oc3ccccc3)nc2C)c1. The smallest absolute Gasteiger partial charge is 0.323 e. The molecule has 1 aromatic heterocycles. The molecule has 2 aromatic carbocycles. The van der Waals surface area contributed by atoms with Crippen molar-refractivity contribution < 1.29 is 9.53 Å². The Kier molecular flexibility index (Phi) is 5.93. The lowest BCUT2D eigenvalue weighted by atomic mass is 10.3. The van der Waals surface area contributed by atoms with Crippen molar-refractivity contribution in [3.8, 4) is 11.8 Å². The van der Waals surface area contributed by atoms with Crippen molar-refractivity contribution in [1.29, 1.82) is 0 Å². The first-order valence-corrected chi connectivity index (χ1v) is 9.58. The number of hydrogen-bond donors (Lipinski definition) is 2. The summed E-state index contributed by atoms with van der Waals surface area (Å²) >= 11 is 1.62. The van der Waals surface area contributed by atoms with Gasteiger partial charge in [0.15, 0.2) is 0 Å². The molecule has 7 heteroatoms. The average Bonchev–Trinajstić information content (AvgIpc) is 2.66. The van der Waals surface area contributed by atoms with E-state index in [1.165, 1.54) is 0 Å². The maximum Gasteiger partial charge on any atom is 0.323 e. The number of carbonyl (C=O) groups is 1. The highest BCUT2D eigenvalue weighted by Crippen LogP contribution is 2.24. The van der Waals surface area contributed by atoms with Gasteiger partial charge in [-0.15, -0.1) is 11.8 Å². The van der Waals surface area contributed by atoms with Crippen molar-refractivity contribution in [3.63, 3.8) is 0 Å². The monoisotopic (exact) mass is 380 g/mol. The Morgan fingerprint density at radius 2 is 1.67 bits per heavy atom. The molecule has 0 aliphatic heterocycles. The summed E-state index contributed by atoms with van der Waals surface area (Å²) in [6, 6.07) is 16.9. The van der Waals surface area contributed by atoms with E-state index in [1.54, 1.807) is 25.6 Å². The van der Waals surface area contributed by atoms with Gasteiger partial charge in [-0.1, -0.05) is 24.3 Å². The minimum absolute atomic E-state index is 0.245. The zero-order valence-electron chi connectivity index (χ0n) is 15.3. The number of amides is 2. The zero-order chi connectivity index (χ0) is 19.2. The van der Waals surface area contributed by atoms with E-state index < -0.39 is 0 Å². The molecule has 1 heterocycles. The topological polar surface area (TPSA) is 76.1 Å². The molecule has 0 radical (unpaired) electrons. The van der Waals surface area contributed by atoms with Gasteiger partial charge in [0.2, 0.25) is 0 Å². The molecule has 0 saturated heterocycles. The van der Waals surface area contributed by atoms with Gasteiger partial charge in [-0.3, -0.25) is 0 Å². The van der Waals surface area contributed by atoms with Crippen LogP contribution >= 0.6 is 11.8 Å². The van der Waals surface area contributed by atoms with E-state index in [-0.39, 0.29) is 12.0 Å². The number of para-hydroxylation sites is 1. The number of nitrogens with zero attached hydrogens (tertiary/aromatic N) is 2. The maximum absolute atomic E-state index is 12.3. The second-order valence-corrected chi connectivity index (χ2v) is 6.66. The van der Waals surface area contributed by atoms with Crippen molar-refractivity contribution in [1.82, 2.24) is 9.97 Å². The van der Waals surface area contributed by atoms with Crippen LogP contribution < -0.4 is 15.4 Å². The molecule has 0 spiro atoms. The van der Waals surface area contributed by atoms with Gasteiger partial charge in [-0.05, 0) is 50.4 Å². The first-order chi connectivity index (χ1) is 13.0. The van der Waals surface area contributed by atoms with E-state index in [1.807, 2.05) is 60.9 Å². The summed E-state index contributed by atoms with van der Waals surface area (Å²) in [7, 11) is 0. The van der Waals surface area contributed by atoms with Crippen LogP contribution in [-0.2, 0) is 0 Å². The molecule has 3 rings (SSSR count). The maximum atomic E-state index is 12.3. The Hall–Kier alpha value is -3.06. The lowest BCUT2D eigenvalue weighted by molar-refractivity contribution is 0.262. The first kappa shape index (κ1) is 18.7. The summed E-state index contributed by atoms with van der Waals surface area (Å²) in [5.41, 5.74) is 2.54. The van der Waals surface area contributed by atoms with E-state index >= 15 is 0 Å². The molecule has 0 fully saturated rings. The molecule has 6 nitrogen and oxygen atoms in total. The minimum Gasteiger partial charge on any atom is -0.424 e. The summed E-state index contributed by atoms with van der Waals surface area (Å²) in [5.74, 6) is 0.656. The summed E-state index contributed by atoms with van der Waals surface area (Å²) < 4.78 is 5.67. The second kappa shape index (κ2) is 8.55. The van der Waals surface area contributed by atoms with Gasteiger partial charge >= 0.3 is 12.0 Å². The minimum atomic E-state index is -0.347. The van der Waals surface area contributed by atoms with Crippen LogP contribution in [0.25, 0.3) is 0 Å². The number of rotatable bonds is 5. The van der Waals surface area contributed by atoms with E-state index in [0.29, 0.717) is 22.8 Å². The van der Waals surface area contributed by atoms with Crippen LogP contribution in [0.4, 0.5) is 16.2 Å². The Morgan fingerprint density at radius 1 is 0.963 bits per heavy atom. The molecule has 0 atom stereocenters. The summed E-state index contributed by atoms with van der Waals surface area (Å²) in [5, 5.41) is 5.64. The molecule has 0 aliphatic carbocycles. The third kappa shape index (κ3) is 4.98. The lowest BCUT2D eigenvalue weighted by Crippen LogP contribution is -2.21. The highest BCUT2D eigenvalue weighted by Gasteiger charge is 2.13. The molecule has 2 amide bonds. The van der Waals surface area contributed by atoms with Crippen molar-refractivity contribution in [2.75, 3.05) is 16.9 Å². The number of aryl methyl sites for hydroxylation is 2. The van der Waals surface area contributed by atoms with Crippen molar-refractivity contribution in [2.45, 2.75) is 18.7 Å². The quantitative estimate of drug-likeness (QED) is 0.591. The normalized spacial score (nSPS) is 10.3. The number of anilines is 2. The Bertz CT molecular complexity index is 925. The predicted molar refractivity (Wildman–Crippen MR) is 109 cm³/mol. The second-order valence-electron chi connectivity index (χ2n) is 5.78. The number of carbonyl (C=O) groups excluding carboxylic acids is 1. The van der Waals surface area contributed by atoms with Crippen LogP contribution in [0.1, 0.15) is 11.4 Å². The van der Waals surface area contributed by atoms with Crippen molar-refractivity contribution in [2.24, 2.45) is 0 Å². The van der Waals surface area contributed by atoms with Gasteiger partial charge in [0.1, 0.15) is 5.75 Å². The number of nitrogens with one attached hydrogen (secondary N) is 2. The predicted octanol–water partition coefficient (Wildman–Crippen LogP) is 5.25. The summed E-state index contributed by atoms with van der Waals surface area (Å²) in [6.45, 7) is 3.60. The molecule has 0 saturated carbocycles. The van der Waals surface area contributed by atoms with Crippen LogP contribution in [0.3, 0.4) is 0 Å². The van der Waals surface area contributed by atoms with Crippen LogP contribution in [-0.4, -0.2) is 22.3 Å². The number of ether oxygens (including phenoxy) is 1. The number of thioether (sulfide) groups is 1. The van der Waals surface area contributed by atoms with Gasteiger partial charge < -0.3 is 15.4 Å². The standard InChI is InChI=1S/C20H20N4O2S/c1-13-18(24-19(25)23-15-8-7-11-17(12-15)27-3)14(2)22-20(21-13)26-16-9-5-4-6-10-16/h4-12H,1-3H3,(H2,23,24,25). The third-order valence-corrected chi connectivity index (χ3v) is 4.49. The summed E-state index contributed by atoms with van der Waals surface area (Å²) in [6.07, 6.45) is 1.99. The molecule has 2 N–H and O–H groups in total. The highest BCUT2D eigenvalue weighted by molar-refractivity contribution is 7.98. The van der Waals surface area contributed by atoms with E-state index in [2.05, 4.69) is 20.6 Å². The Morgan fingerprint density at radius 3 is 2.33 bits per heavy atom. The Labute approximate surface area is 162 Å². The van der Waals surface area contributed by atoms with Crippen LogP contribution in [0, 0.1) is 13.8 Å². The van der Waals surface area contributed by atoms with E-state index in [0.717, 1.165) is 10.6 Å². The van der Waals surface area contributed by atoms with E-state index in [9.17, 15) is 4.79 Å². The molecule has 27 heavy (non-hydrogen) atoms. The number of benzene rings is 2. The molecule has 138 valence electrons. The molecule has 0 bridgehead atoms. The number of hydrogen-bond acceptors (Lipinski definition) is 5. The number of urea groups is 1. The number of aromatic nitrogens is 2. The fourth-order valence-corrected chi connectivity index (χ4v) is 2.94. The van der Waals surface area contributed by atoms with Crippen LogP contribution in [0.15, 0.2) is 59.5 Å². The van der Waals surface area contributed by atoms with Crippen molar-refractivity contribution in [3.05, 3.63) is 66.0 Å². The van der Waals surface area contributed by atoms with Crippen LogP contribution in [0.5, 0.6) is 11.8 Å². The first-order valence-electron chi connectivity index (χ1n) is 8.35. The van der Waals surface area contributed by atoms with Crippen LogP contribution in [0.2, 0.25) is 0 Å². The van der Waals surface area contributed by atoms with Gasteiger partial charge in [0, 0.05) is 10.6 Å². The van der Waals surface area contributed by atoms with Crippen molar-refractivity contribution >= 4 is 29.2 Å². The molecular formula is C20H20N4O2S. The molecular weight excluding hydrogens is 360 g/mol. The lowest BCUT2D eigenvalue weighted by Gasteiger charge is -2.13. The highest BCUT2D eigenvalue weighted by atomic mass is 32.2. The van der Waals surface area contributed by atoms with Gasteiger partial charge in [0.25, 0.3) is 0 Å². The average molecular weight is 380 g/mol. The van der Waals surface area contributed by atoms with E-state index in [4.69, 9.17) is 4.74 Å². The summed E-state index contributed by atoms with van der Waals surface area (Å²) in [4.78, 5) is 22.1. The largest absolute Gasteiger partial charge is 0.424 e.